The van der Waals surface area contributed by atoms with E-state index in [1.807, 2.05) is 0 Å². The van der Waals surface area contributed by atoms with Gasteiger partial charge in [-0.05, 0) is 38.0 Å². The average Bonchev–Trinajstić information content (AvgIpc) is 3.06. The Morgan fingerprint density at radius 1 is 1.04 bits per heavy atom. The van der Waals surface area contributed by atoms with Crippen molar-refractivity contribution in [1.29, 1.82) is 0 Å². The standard InChI is InChI=1S/C21H24N2O2S2/c1-14-4-7-17(8-5-14)11-26-21-22-18-12-27(24,25)13-20(18)23(21)19-9-6-15(2)10-16(19)3/h4-10,18,20H,11-13H2,1-3H3/t18-,20+/m0/s1. The van der Waals surface area contributed by atoms with Crippen LogP contribution in [0.3, 0.4) is 0 Å². The van der Waals surface area contributed by atoms with E-state index in [0.29, 0.717) is 0 Å². The Kier molecular flexibility index (Phi) is 4.80. The fourth-order valence-corrected chi connectivity index (χ4v) is 6.74. The Hall–Kier alpha value is -1.79. The third-order valence-electron chi connectivity index (χ3n) is 5.21. The van der Waals surface area contributed by atoms with Crippen molar-refractivity contribution in [3.8, 4) is 0 Å². The molecule has 0 bridgehead atoms. The minimum Gasteiger partial charge on any atom is -0.315 e. The van der Waals surface area contributed by atoms with Crippen molar-refractivity contribution >= 4 is 32.5 Å². The van der Waals surface area contributed by atoms with Gasteiger partial charge in [0.05, 0.1) is 23.6 Å². The maximum Gasteiger partial charge on any atom is 0.164 e. The molecule has 4 nitrogen and oxygen atoms in total. The molecule has 0 unspecified atom stereocenters. The lowest BCUT2D eigenvalue weighted by atomic mass is 10.1. The largest absolute Gasteiger partial charge is 0.315 e. The first kappa shape index (κ1) is 18.6. The van der Waals surface area contributed by atoms with Gasteiger partial charge < -0.3 is 4.90 Å². The molecule has 0 amide bonds. The molecule has 2 atom stereocenters. The third kappa shape index (κ3) is 3.78. The molecule has 4 rings (SSSR count). The number of hydrogen-bond donors (Lipinski definition) is 0. The summed E-state index contributed by atoms with van der Waals surface area (Å²) in [4.78, 5) is 7.00. The van der Waals surface area contributed by atoms with Gasteiger partial charge in [-0.25, -0.2) is 8.42 Å². The number of sulfone groups is 1. The van der Waals surface area contributed by atoms with Crippen LogP contribution in [0.2, 0.25) is 0 Å². The highest BCUT2D eigenvalue weighted by Gasteiger charge is 2.47. The second-order valence-electron chi connectivity index (χ2n) is 7.56. The van der Waals surface area contributed by atoms with E-state index in [0.717, 1.165) is 22.2 Å². The first-order chi connectivity index (χ1) is 12.8. The molecule has 2 aromatic rings. The van der Waals surface area contributed by atoms with Crippen molar-refractivity contribution in [2.75, 3.05) is 16.4 Å². The summed E-state index contributed by atoms with van der Waals surface area (Å²) >= 11 is 1.70. The van der Waals surface area contributed by atoms with Gasteiger partial charge in [0.15, 0.2) is 15.0 Å². The number of amidine groups is 1. The van der Waals surface area contributed by atoms with Crippen LogP contribution in [-0.4, -0.2) is 37.2 Å². The van der Waals surface area contributed by atoms with Gasteiger partial charge in [-0.2, -0.15) is 0 Å². The van der Waals surface area contributed by atoms with E-state index in [1.54, 1.807) is 11.8 Å². The normalized spacial score (nSPS) is 23.4. The molecule has 0 aliphatic carbocycles. The molecule has 0 saturated carbocycles. The molecule has 0 radical (unpaired) electrons. The zero-order valence-corrected chi connectivity index (χ0v) is 17.5. The van der Waals surface area contributed by atoms with Crippen LogP contribution >= 0.6 is 11.8 Å². The summed E-state index contributed by atoms with van der Waals surface area (Å²) in [6, 6.07) is 14.6. The second kappa shape index (κ2) is 6.99. The number of anilines is 1. The summed E-state index contributed by atoms with van der Waals surface area (Å²) < 4.78 is 24.4. The lowest BCUT2D eigenvalue weighted by Gasteiger charge is -2.28. The van der Waals surface area contributed by atoms with Gasteiger partial charge in [0, 0.05) is 11.4 Å². The zero-order chi connectivity index (χ0) is 19.2. The number of rotatable bonds is 3. The molecular formula is C21H24N2O2S2. The minimum atomic E-state index is -3.02. The van der Waals surface area contributed by atoms with Crippen molar-refractivity contribution in [3.63, 3.8) is 0 Å². The van der Waals surface area contributed by atoms with Crippen molar-refractivity contribution in [1.82, 2.24) is 0 Å². The smallest absolute Gasteiger partial charge is 0.164 e. The first-order valence-corrected chi connectivity index (χ1v) is 12.0. The molecule has 0 aromatic heterocycles. The van der Waals surface area contributed by atoms with E-state index >= 15 is 0 Å². The van der Waals surface area contributed by atoms with Crippen LogP contribution in [0.15, 0.2) is 47.5 Å². The molecule has 1 saturated heterocycles. The van der Waals surface area contributed by atoms with Gasteiger partial charge in [-0.1, -0.05) is 59.3 Å². The number of nitrogens with zero attached hydrogens (tertiary/aromatic N) is 2. The molecule has 1 fully saturated rings. The quantitative estimate of drug-likeness (QED) is 0.784. The molecule has 2 heterocycles. The molecule has 2 aromatic carbocycles. The maximum absolute atomic E-state index is 12.2. The predicted octanol–water partition coefficient (Wildman–Crippen LogP) is 3.89. The van der Waals surface area contributed by atoms with E-state index < -0.39 is 9.84 Å². The van der Waals surface area contributed by atoms with Gasteiger partial charge in [0.25, 0.3) is 0 Å². The lowest BCUT2D eigenvalue weighted by molar-refractivity contribution is 0.601. The SMILES string of the molecule is Cc1ccc(CSC2=N[C@H]3CS(=O)(=O)C[C@H]3N2c2ccc(C)cc2C)cc1. The maximum atomic E-state index is 12.2. The third-order valence-corrected chi connectivity index (χ3v) is 7.94. The Balaban J connectivity index is 1.64. The number of fused-ring (bicyclic) bond motifs is 1. The average molecular weight is 401 g/mol. The molecule has 27 heavy (non-hydrogen) atoms. The Morgan fingerprint density at radius 2 is 1.74 bits per heavy atom. The summed E-state index contributed by atoms with van der Waals surface area (Å²) in [7, 11) is -3.02. The first-order valence-electron chi connectivity index (χ1n) is 9.15. The Morgan fingerprint density at radius 3 is 2.44 bits per heavy atom. The summed E-state index contributed by atoms with van der Waals surface area (Å²) in [5.74, 6) is 1.17. The van der Waals surface area contributed by atoms with Crippen molar-refractivity contribution in [3.05, 3.63) is 64.7 Å². The van der Waals surface area contributed by atoms with Crippen LogP contribution in [0.25, 0.3) is 0 Å². The van der Waals surface area contributed by atoms with E-state index in [4.69, 9.17) is 4.99 Å². The molecule has 142 valence electrons. The zero-order valence-electron chi connectivity index (χ0n) is 15.8. The predicted molar refractivity (Wildman–Crippen MR) is 115 cm³/mol. The summed E-state index contributed by atoms with van der Waals surface area (Å²) in [6.07, 6.45) is 0. The van der Waals surface area contributed by atoms with Gasteiger partial charge in [0.1, 0.15) is 0 Å². The van der Waals surface area contributed by atoms with E-state index in [9.17, 15) is 8.42 Å². The molecule has 6 heteroatoms. The van der Waals surface area contributed by atoms with Gasteiger partial charge in [-0.3, -0.25) is 4.99 Å². The Bertz CT molecular complexity index is 997. The van der Waals surface area contributed by atoms with Crippen molar-refractivity contribution in [2.24, 2.45) is 4.99 Å². The molecule has 2 aliphatic rings. The number of thioether (sulfide) groups is 1. The van der Waals surface area contributed by atoms with Gasteiger partial charge in [-0.15, -0.1) is 0 Å². The van der Waals surface area contributed by atoms with Crippen molar-refractivity contribution in [2.45, 2.75) is 38.6 Å². The highest BCUT2D eigenvalue weighted by atomic mass is 32.2. The molecule has 0 N–H and O–H groups in total. The molecule has 2 aliphatic heterocycles. The van der Waals surface area contributed by atoms with Crippen LogP contribution in [0.4, 0.5) is 5.69 Å². The van der Waals surface area contributed by atoms with E-state index in [-0.39, 0.29) is 23.6 Å². The summed E-state index contributed by atoms with van der Waals surface area (Å²) in [6.45, 7) is 6.24. The number of benzene rings is 2. The molecule has 0 spiro atoms. The van der Waals surface area contributed by atoms with Crippen LogP contribution in [0.5, 0.6) is 0 Å². The monoisotopic (exact) mass is 400 g/mol. The topological polar surface area (TPSA) is 49.7 Å². The van der Waals surface area contributed by atoms with Crippen LogP contribution in [-0.2, 0) is 15.6 Å². The highest BCUT2D eigenvalue weighted by molar-refractivity contribution is 8.13. The van der Waals surface area contributed by atoms with Crippen molar-refractivity contribution < 1.29 is 8.42 Å². The number of aliphatic imine (C=N–C) groups is 1. The summed E-state index contributed by atoms with van der Waals surface area (Å²) in [5.41, 5.74) is 5.93. The lowest BCUT2D eigenvalue weighted by Crippen LogP contribution is -2.39. The number of hydrogen-bond acceptors (Lipinski definition) is 5. The van der Waals surface area contributed by atoms with E-state index in [1.165, 1.54) is 16.7 Å². The van der Waals surface area contributed by atoms with Gasteiger partial charge >= 0.3 is 0 Å². The second-order valence-corrected chi connectivity index (χ2v) is 10.7. The van der Waals surface area contributed by atoms with Gasteiger partial charge in [0.2, 0.25) is 0 Å². The summed E-state index contributed by atoms with van der Waals surface area (Å²) in [5, 5.41) is 0.937. The minimum absolute atomic E-state index is 0.0862. The van der Waals surface area contributed by atoms with Crippen LogP contribution in [0.1, 0.15) is 22.3 Å². The Labute approximate surface area is 165 Å². The fourth-order valence-electron chi connectivity index (χ4n) is 3.82. The van der Waals surface area contributed by atoms with Crippen LogP contribution < -0.4 is 4.90 Å². The van der Waals surface area contributed by atoms with Crippen LogP contribution in [0, 0.1) is 20.8 Å². The fraction of sp³-hybridized carbons (Fsp3) is 0.381. The number of aryl methyl sites for hydroxylation is 3. The van der Waals surface area contributed by atoms with E-state index in [2.05, 4.69) is 68.1 Å². The highest BCUT2D eigenvalue weighted by Crippen LogP contribution is 2.37. The molecular weight excluding hydrogens is 376 g/mol.